The van der Waals surface area contributed by atoms with Gasteiger partial charge in [-0.15, -0.1) is 0 Å². The van der Waals surface area contributed by atoms with E-state index in [-0.39, 0.29) is 17.7 Å². The number of aromatic amines is 1. The average molecular weight is 363 g/mol. The fourth-order valence-corrected chi connectivity index (χ4v) is 3.42. The lowest BCUT2D eigenvalue weighted by Gasteiger charge is -2.32. The van der Waals surface area contributed by atoms with Crippen molar-refractivity contribution in [3.63, 3.8) is 0 Å². The van der Waals surface area contributed by atoms with E-state index in [1.54, 1.807) is 9.47 Å². The summed E-state index contributed by atoms with van der Waals surface area (Å²) in [5.41, 5.74) is 0.504. The summed E-state index contributed by atoms with van der Waals surface area (Å²) in [5, 5.41) is 0. The quantitative estimate of drug-likeness (QED) is 0.760. The number of benzene rings is 1. The van der Waals surface area contributed by atoms with Crippen LogP contribution in [0.15, 0.2) is 41.3 Å². The van der Waals surface area contributed by atoms with Crippen molar-refractivity contribution in [3.8, 4) is 0 Å². The Bertz CT molecular complexity index is 986. The highest BCUT2D eigenvalue weighted by atomic mass is 19.4. The third-order valence-electron chi connectivity index (χ3n) is 4.67. The van der Waals surface area contributed by atoms with Crippen LogP contribution in [0.3, 0.4) is 0 Å². The van der Waals surface area contributed by atoms with Crippen molar-refractivity contribution in [1.29, 1.82) is 0 Å². The van der Waals surface area contributed by atoms with Gasteiger partial charge in [0, 0.05) is 25.3 Å². The monoisotopic (exact) mass is 363 g/mol. The van der Waals surface area contributed by atoms with E-state index in [0.29, 0.717) is 25.9 Å². The van der Waals surface area contributed by atoms with E-state index in [4.69, 9.17) is 0 Å². The number of para-hydroxylation sites is 2. The van der Waals surface area contributed by atoms with Gasteiger partial charge in [0.15, 0.2) is 0 Å². The number of hydrogen-bond acceptors (Lipinski definition) is 4. The highest BCUT2D eigenvalue weighted by Crippen LogP contribution is 2.30. The van der Waals surface area contributed by atoms with E-state index in [1.807, 2.05) is 24.3 Å². The largest absolute Gasteiger partial charge is 0.433 e. The average Bonchev–Trinajstić information content (AvgIpc) is 2.97. The zero-order valence-corrected chi connectivity index (χ0v) is 13.7. The highest BCUT2D eigenvalue weighted by molar-refractivity contribution is 5.75. The van der Waals surface area contributed by atoms with Crippen LogP contribution in [0.4, 0.5) is 19.1 Å². The summed E-state index contributed by atoms with van der Waals surface area (Å²) in [6.45, 7) is 0.968. The van der Waals surface area contributed by atoms with Gasteiger partial charge in [0.1, 0.15) is 5.69 Å². The van der Waals surface area contributed by atoms with E-state index in [1.165, 1.54) is 0 Å². The maximum absolute atomic E-state index is 12.8. The first-order chi connectivity index (χ1) is 12.4. The number of aromatic nitrogens is 4. The molecular formula is C17H16F3N5O. The molecule has 1 aliphatic heterocycles. The first-order valence-corrected chi connectivity index (χ1v) is 8.28. The zero-order valence-electron chi connectivity index (χ0n) is 13.7. The Morgan fingerprint density at radius 3 is 2.58 bits per heavy atom. The van der Waals surface area contributed by atoms with E-state index in [9.17, 15) is 18.0 Å². The molecule has 0 amide bonds. The van der Waals surface area contributed by atoms with Crippen molar-refractivity contribution >= 4 is 17.0 Å². The van der Waals surface area contributed by atoms with Crippen molar-refractivity contribution in [2.45, 2.75) is 25.1 Å². The Labute approximate surface area is 146 Å². The molecule has 1 aliphatic rings. The van der Waals surface area contributed by atoms with Gasteiger partial charge in [0.2, 0.25) is 5.95 Å². The van der Waals surface area contributed by atoms with Gasteiger partial charge in [-0.1, -0.05) is 12.1 Å². The van der Waals surface area contributed by atoms with Gasteiger partial charge in [-0.25, -0.2) is 14.8 Å². The first-order valence-electron chi connectivity index (χ1n) is 8.28. The third kappa shape index (κ3) is 2.93. The fourth-order valence-electron chi connectivity index (χ4n) is 3.42. The second kappa shape index (κ2) is 6.15. The molecule has 6 nitrogen and oxygen atoms in total. The molecule has 1 saturated heterocycles. The number of piperidine rings is 1. The predicted molar refractivity (Wildman–Crippen MR) is 90.1 cm³/mol. The smallest absolute Gasteiger partial charge is 0.341 e. The van der Waals surface area contributed by atoms with Crippen LogP contribution in [0, 0.1) is 0 Å². The van der Waals surface area contributed by atoms with Crippen LogP contribution < -0.4 is 10.6 Å². The molecule has 26 heavy (non-hydrogen) atoms. The summed E-state index contributed by atoms with van der Waals surface area (Å²) in [6.07, 6.45) is -2.11. The topological polar surface area (TPSA) is 66.8 Å². The number of anilines is 1. The molecule has 0 bridgehead atoms. The van der Waals surface area contributed by atoms with Crippen LogP contribution in [-0.4, -0.2) is 32.6 Å². The molecule has 0 unspecified atom stereocenters. The third-order valence-corrected chi connectivity index (χ3v) is 4.67. The second-order valence-electron chi connectivity index (χ2n) is 6.28. The van der Waals surface area contributed by atoms with Crippen LogP contribution in [0.25, 0.3) is 11.0 Å². The molecule has 0 spiro atoms. The zero-order chi connectivity index (χ0) is 18.3. The number of nitrogens with one attached hydrogen (secondary N) is 1. The number of halogens is 3. The lowest BCUT2D eigenvalue weighted by molar-refractivity contribution is -0.141. The molecule has 3 heterocycles. The summed E-state index contributed by atoms with van der Waals surface area (Å²) in [6, 6.07) is 8.31. The van der Waals surface area contributed by atoms with Gasteiger partial charge in [-0.05, 0) is 31.0 Å². The lowest BCUT2D eigenvalue weighted by atomic mass is 10.0. The Hall–Kier alpha value is -2.84. The van der Waals surface area contributed by atoms with Gasteiger partial charge in [-0.2, -0.15) is 13.2 Å². The van der Waals surface area contributed by atoms with Crippen molar-refractivity contribution < 1.29 is 13.2 Å². The molecule has 0 saturated carbocycles. The molecule has 1 N–H and O–H groups in total. The molecule has 9 heteroatoms. The van der Waals surface area contributed by atoms with Gasteiger partial charge in [0.25, 0.3) is 0 Å². The summed E-state index contributed by atoms with van der Waals surface area (Å²) < 4.78 is 40.2. The minimum atomic E-state index is -4.49. The van der Waals surface area contributed by atoms with E-state index in [2.05, 4.69) is 15.0 Å². The normalized spacial score (nSPS) is 16.3. The number of H-pyrrole nitrogens is 1. The number of nitrogens with zero attached hydrogens (tertiary/aromatic N) is 4. The maximum Gasteiger partial charge on any atom is 0.433 e. The Morgan fingerprint density at radius 1 is 1.12 bits per heavy atom. The standard InChI is InChI=1S/C17H16F3N5O/c18-17(19,20)14-5-8-21-15(23-14)24-9-6-11(7-10-24)25-13-4-2-1-3-12(13)22-16(25)26/h1-5,8,11H,6-7,9-10H2,(H,22,26). The summed E-state index contributed by atoms with van der Waals surface area (Å²) in [7, 11) is 0. The van der Waals surface area contributed by atoms with Crippen molar-refractivity contribution in [1.82, 2.24) is 19.5 Å². The number of fused-ring (bicyclic) bond motifs is 1. The molecule has 4 rings (SSSR count). The molecular weight excluding hydrogens is 347 g/mol. The Balaban J connectivity index is 1.54. The van der Waals surface area contributed by atoms with E-state index >= 15 is 0 Å². The number of alkyl halides is 3. The lowest BCUT2D eigenvalue weighted by Crippen LogP contribution is -2.38. The van der Waals surface area contributed by atoms with Gasteiger partial charge in [0.05, 0.1) is 11.0 Å². The van der Waals surface area contributed by atoms with E-state index < -0.39 is 11.9 Å². The number of imidazole rings is 1. The molecule has 2 aromatic heterocycles. The van der Waals surface area contributed by atoms with Gasteiger partial charge in [-0.3, -0.25) is 4.57 Å². The molecule has 0 radical (unpaired) electrons. The van der Waals surface area contributed by atoms with Crippen molar-refractivity contribution in [2.75, 3.05) is 18.0 Å². The van der Waals surface area contributed by atoms with Crippen LogP contribution >= 0.6 is 0 Å². The molecule has 3 aromatic rings. The van der Waals surface area contributed by atoms with Crippen LogP contribution in [0.5, 0.6) is 0 Å². The van der Waals surface area contributed by atoms with Crippen molar-refractivity contribution in [2.24, 2.45) is 0 Å². The predicted octanol–water partition coefficient (Wildman–Crippen LogP) is 2.98. The van der Waals surface area contributed by atoms with Gasteiger partial charge >= 0.3 is 11.9 Å². The van der Waals surface area contributed by atoms with Gasteiger partial charge < -0.3 is 9.88 Å². The Kier molecular flexibility index (Phi) is 3.93. The fraction of sp³-hybridized carbons (Fsp3) is 0.353. The van der Waals surface area contributed by atoms with Crippen molar-refractivity contribution in [3.05, 3.63) is 52.7 Å². The second-order valence-corrected chi connectivity index (χ2v) is 6.28. The summed E-state index contributed by atoms with van der Waals surface area (Å²) >= 11 is 0. The maximum atomic E-state index is 12.8. The number of rotatable bonds is 2. The SMILES string of the molecule is O=c1[nH]c2ccccc2n1C1CCN(c2nccc(C(F)(F)F)n2)CC1. The summed E-state index contributed by atoms with van der Waals surface area (Å²) in [4.78, 5) is 24.5. The highest BCUT2D eigenvalue weighted by Gasteiger charge is 2.33. The first kappa shape index (κ1) is 16.6. The Morgan fingerprint density at radius 2 is 1.85 bits per heavy atom. The minimum Gasteiger partial charge on any atom is -0.341 e. The molecule has 136 valence electrons. The van der Waals surface area contributed by atoms with Crippen LogP contribution in [0.2, 0.25) is 0 Å². The van der Waals surface area contributed by atoms with Crippen LogP contribution in [0.1, 0.15) is 24.6 Å². The number of hydrogen-bond donors (Lipinski definition) is 1. The molecule has 0 aliphatic carbocycles. The van der Waals surface area contributed by atoms with Crippen LogP contribution in [-0.2, 0) is 6.18 Å². The molecule has 0 atom stereocenters. The molecule has 1 fully saturated rings. The van der Waals surface area contributed by atoms with E-state index in [0.717, 1.165) is 23.3 Å². The molecule has 1 aromatic carbocycles. The summed E-state index contributed by atoms with van der Waals surface area (Å²) in [5.74, 6) is 0.0737. The minimum absolute atomic E-state index is 0.0132.